The van der Waals surface area contributed by atoms with Crippen molar-refractivity contribution < 1.29 is 18.7 Å². The Morgan fingerprint density at radius 1 is 1.12 bits per heavy atom. The number of benzene rings is 1. The average Bonchev–Trinajstić information content (AvgIpc) is 2.47. The van der Waals surface area contributed by atoms with Gasteiger partial charge in [-0.2, -0.15) is 0 Å². The Morgan fingerprint density at radius 2 is 1.72 bits per heavy atom. The Morgan fingerprint density at radius 3 is 2.28 bits per heavy atom. The number of carbonyl (C=O) groups is 2. The molecule has 1 aromatic rings. The number of nitrogens with one attached hydrogen (secondary N) is 1. The van der Waals surface area contributed by atoms with Crippen LogP contribution in [0.15, 0.2) is 24.3 Å². The van der Waals surface area contributed by atoms with Crippen molar-refractivity contribution >= 4 is 11.8 Å². The summed E-state index contributed by atoms with van der Waals surface area (Å²) in [4.78, 5) is 27.2. The quantitative estimate of drug-likeness (QED) is 0.770. The summed E-state index contributed by atoms with van der Waals surface area (Å²) < 4.78 is 18.3. The lowest BCUT2D eigenvalue weighted by Crippen LogP contribution is -2.47. The summed E-state index contributed by atoms with van der Waals surface area (Å²) in [5.74, 6) is -0.0651. The van der Waals surface area contributed by atoms with E-state index in [2.05, 4.69) is 5.32 Å². The maximum atomic E-state index is 12.8. The molecule has 1 rings (SSSR count). The molecule has 0 heterocycles. The molecule has 6 nitrogen and oxygen atoms in total. The van der Waals surface area contributed by atoms with E-state index in [1.807, 2.05) is 25.7 Å². The van der Waals surface area contributed by atoms with Crippen molar-refractivity contribution in [2.75, 3.05) is 40.3 Å². The van der Waals surface area contributed by atoms with Gasteiger partial charge in [0.2, 0.25) is 11.8 Å². The van der Waals surface area contributed by atoms with Crippen LogP contribution >= 0.6 is 0 Å². The molecule has 0 aliphatic rings. The van der Waals surface area contributed by atoms with E-state index >= 15 is 0 Å². The lowest BCUT2D eigenvalue weighted by atomic mass is 10.1. The zero-order valence-electron chi connectivity index (χ0n) is 15.6. The molecule has 0 unspecified atom stereocenters. The number of carbonyl (C=O) groups excluding carboxylic acids is 2. The summed E-state index contributed by atoms with van der Waals surface area (Å²) in [6.45, 7) is 6.79. The van der Waals surface area contributed by atoms with E-state index in [1.54, 1.807) is 26.2 Å². The highest BCUT2D eigenvalue weighted by Crippen LogP contribution is 2.10. The third-order valence-corrected chi connectivity index (χ3v) is 3.28. The highest BCUT2D eigenvalue weighted by molar-refractivity contribution is 5.85. The van der Waals surface area contributed by atoms with Crippen LogP contribution in [0.1, 0.15) is 20.8 Å². The van der Waals surface area contributed by atoms with Crippen molar-refractivity contribution in [3.05, 3.63) is 30.1 Å². The van der Waals surface area contributed by atoms with E-state index in [-0.39, 0.29) is 36.3 Å². The lowest BCUT2D eigenvalue weighted by Gasteiger charge is -2.25. The van der Waals surface area contributed by atoms with Gasteiger partial charge in [0, 0.05) is 19.1 Å². The molecule has 0 bridgehead atoms. The molecule has 0 aliphatic heterocycles. The Bertz CT molecular complexity index is 570. The molecule has 25 heavy (non-hydrogen) atoms. The lowest BCUT2D eigenvalue weighted by molar-refractivity contribution is -0.135. The van der Waals surface area contributed by atoms with Gasteiger partial charge in [-0.25, -0.2) is 4.39 Å². The van der Waals surface area contributed by atoms with E-state index in [9.17, 15) is 14.0 Å². The highest BCUT2D eigenvalue weighted by Gasteiger charge is 2.18. The van der Waals surface area contributed by atoms with Crippen LogP contribution in [-0.2, 0) is 9.59 Å². The minimum Gasteiger partial charge on any atom is -0.492 e. The molecule has 0 aliphatic carbocycles. The summed E-state index contributed by atoms with van der Waals surface area (Å²) >= 11 is 0. The van der Waals surface area contributed by atoms with Crippen molar-refractivity contribution in [3.8, 4) is 5.75 Å². The normalized spacial score (nSPS) is 11.3. The second-order valence-corrected chi connectivity index (χ2v) is 7.09. The van der Waals surface area contributed by atoms with Gasteiger partial charge in [-0.15, -0.1) is 0 Å². The van der Waals surface area contributed by atoms with E-state index in [1.165, 1.54) is 17.0 Å². The molecular weight excluding hydrogens is 325 g/mol. The SMILES string of the molecule is CN(CCOc1ccc(F)cc1)CC(=O)N(C)CC(=O)NC(C)(C)C. The molecule has 0 spiro atoms. The number of rotatable bonds is 8. The monoisotopic (exact) mass is 353 g/mol. The fourth-order valence-electron chi connectivity index (χ4n) is 2.04. The van der Waals surface area contributed by atoms with E-state index < -0.39 is 0 Å². The van der Waals surface area contributed by atoms with Gasteiger partial charge in [0.25, 0.3) is 0 Å². The van der Waals surface area contributed by atoms with Crippen molar-refractivity contribution in [2.45, 2.75) is 26.3 Å². The minimum absolute atomic E-state index is 0.0238. The third-order valence-electron chi connectivity index (χ3n) is 3.28. The smallest absolute Gasteiger partial charge is 0.240 e. The third kappa shape index (κ3) is 9.05. The van der Waals surface area contributed by atoms with Gasteiger partial charge in [0.15, 0.2) is 0 Å². The molecule has 1 aromatic carbocycles. The van der Waals surface area contributed by atoms with Crippen LogP contribution in [-0.4, -0.2) is 67.5 Å². The zero-order chi connectivity index (χ0) is 19.0. The molecule has 0 aromatic heterocycles. The molecule has 0 saturated heterocycles. The highest BCUT2D eigenvalue weighted by atomic mass is 19.1. The largest absolute Gasteiger partial charge is 0.492 e. The van der Waals surface area contributed by atoms with E-state index in [0.29, 0.717) is 18.9 Å². The number of likely N-dealkylation sites (N-methyl/N-ethyl adjacent to an activating group) is 2. The Balaban J connectivity index is 2.30. The fourth-order valence-corrected chi connectivity index (χ4v) is 2.04. The minimum atomic E-state index is -0.324. The topological polar surface area (TPSA) is 61.9 Å². The van der Waals surface area contributed by atoms with Gasteiger partial charge in [-0.05, 0) is 52.1 Å². The van der Waals surface area contributed by atoms with Crippen LogP contribution in [0.3, 0.4) is 0 Å². The summed E-state index contributed by atoms with van der Waals surface area (Å²) in [5.41, 5.74) is -0.324. The van der Waals surface area contributed by atoms with Crippen molar-refractivity contribution in [1.82, 2.24) is 15.1 Å². The van der Waals surface area contributed by atoms with Gasteiger partial charge in [0.05, 0.1) is 13.1 Å². The van der Waals surface area contributed by atoms with Crippen LogP contribution in [0, 0.1) is 5.82 Å². The summed E-state index contributed by atoms with van der Waals surface area (Å²) in [6, 6.07) is 5.78. The van der Waals surface area contributed by atoms with Crippen molar-refractivity contribution in [1.29, 1.82) is 0 Å². The molecule has 1 N–H and O–H groups in total. The van der Waals surface area contributed by atoms with Crippen LogP contribution in [0.4, 0.5) is 4.39 Å². The summed E-state index contributed by atoms with van der Waals surface area (Å²) in [6.07, 6.45) is 0. The number of hydrogen-bond acceptors (Lipinski definition) is 4. The zero-order valence-corrected chi connectivity index (χ0v) is 15.6. The number of ether oxygens (including phenoxy) is 1. The predicted molar refractivity (Wildman–Crippen MR) is 94.9 cm³/mol. The van der Waals surface area contributed by atoms with Gasteiger partial charge in [-0.1, -0.05) is 0 Å². The summed E-state index contributed by atoms with van der Waals surface area (Å²) in [5, 5.41) is 2.82. The fraction of sp³-hybridized carbons (Fsp3) is 0.556. The summed E-state index contributed by atoms with van der Waals surface area (Å²) in [7, 11) is 3.41. The first-order chi connectivity index (χ1) is 11.6. The number of halogens is 1. The van der Waals surface area contributed by atoms with Gasteiger partial charge < -0.3 is 15.0 Å². The van der Waals surface area contributed by atoms with Gasteiger partial charge >= 0.3 is 0 Å². The number of hydrogen-bond donors (Lipinski definition) is 1. The van der Waals surface area contributed by atoms with Crippen LogP contribution in [0.2, 0.25) is 0 Å². The Kier molecular flexibility index (Phi) is 7.83. The number of nitrogens with zero attached hydrogens (tertiary/aromatic N) is 2. The first-order valence-corrected chi connectivity index (χ1v) is 8.19. The first-order valence-electron chi connectivity index (χ1n) is 8.19. The Hall–Kier alpha value is -2.15. The van der Waals surface area contributed by atoms with Crippen molar-refractivity contribution in [3.63, 3.8) is 0 Å². The van der Waals surface area contributed by atoms with Crippen LogP contribution < -0.4 is 10.1 Å². The van der Waals surface area contributed by atoms with E-state index in [4.69, 9.17) is 4.74 Å². The average molecular weight is 353 g/mol. The standard InChI is InChI=1S/C18H28FN3O3/c1-18(2,3)20-16(23)12-22(5)17(24)13-21(4)10-11-25-15-8-6-14(19)7-9-15/h6-9H,10-13H2,1-5H3,(H,20,23). The maximum absolute atomic E-state index is 12.8. The van der Waals surface area contributed by atoms with Gasteiger partial charge in [-0.3, -0.25) is 14.5 Å². The van der Waals surface area contributed by atoms with Crippen LogP contribution in [0.5, 0.6) is 5.75 Å². The van der Waals surface area contributed by atoms with Crippen LogP contribution in [0.25, 0.3) is 0 Å². The molecule has 0 atom stereocenters. The van der Waals surface area contributed by atoms with Crippen molar-refractivity contribution in [2.24, 2.45) is 0 Å². The molecule has 0 fully saturated rings. The first kappa shape index (κ1) is 20.9. The molecule has 0 radical (unpaired) electrons. The second kappa shape index (κ2) is 9.36. The molecular formula is C18H28FN3O3. The molecule has 2 amide bonds. The molecule has 0 saturated carbocycles. The van der Waals surface area contributed by atoms with Gasteiger partial charge in [0.1, 0.15) is 18.2 Å². The predicted octanol–water partition coefficient (Wildman–Crippen LogP) is 1.51. The number of amides is 2. The molecule has 7 heteroatoms. The Labute approximate surface area is 148 Å². The second-order valence-electron chi connectivity index (χ2n) is 7.09. The molecule has 140 valence electrons. The van der Waals surface area contributed by atoms with E-state index in [0.717, 1.165) is 0 Å². The maximum Gasteiger partial charge on any atom is 0.240 e.